The van der Waals surface area contributed by atoms with Gasteiger partial charge in [-0.05, 0) is 57.1 Å². The Morgan fingerprint density at radius 3 is 2.52 bits per heavy atom. The molecule has 0 aliphatic carbocycles. The second-order valence-corrected chi connectivity index (χ2v) is 6.32. The van der Waals surface area contributed by atoms with Crippen LogP contribution >= 0.6 is 0 Å². The van der Waals surface area contributed by atoms with Gasteiger partial charge in [-0.2, -0.15) is 13.2 Å². The molecular formula is C17H23F4N3O. The van der Waals surface area contributed by atoms with Crippen molar-refractivity contribution in [3.05, 3.63) is 35.1 Å². The molecule has 1 aromatic carbocycles. The van der Waals surface area contributed by atoms with Crippen molar-refractivity contribution >= 4 is 5.91 Å². The summed E-state index contributed by atoms with van der Waals surface area (Å²) >= 11 is 0. The first kappa shape index (κ1) is 19.7. The maximum atomic E-state index is 13.4. The quantitative estimate of drug-likeness (QED) is 0.766. The van der Waals surface area contributed by atoms with Gasteiger partial charge in [0.2, 0.25) is 0 Å². The van der Waals surface area contributed by atoms with Crippen molar-refractivity contribution in [2.45, 2.75) is 19.0 Å². The summed E-state index contributed by atoms with van der Waals surface area (Å²) in [6.07, 6.45) is -2.85. The van der Waals surface area contributed by atoms with E-state index in [1.165, 1.54) is 0 Å². The third-order valence-corrected chi connectivity index (χ3v) is 4.42. The Labute approximate surface area is 144 Å². The summed E-state index contributed by atoms with van der Waals surface area (Å²) in [6, 6.07) is 1.89. The van der Waals surface area contributed by atoms with Crippen LogP contribution in [-0.4, -0.2) is 50.6 Å². The largest absolute Gasteiger partial charge is 0.416 e. The molecule has 4 nitrogen and oxygen atoms in total. The maximum absolute atomic E-state index is 13.4. The maximum Gasteiger partial charge on any atom is 0.416 e. The molecule has 0 bridgehead atoms. The highest BCUT2D eigenvalue weighted by Gasteiger charge is 2.32. The number of benzene rings is 1. The van der Waals surface area contributed by atoms with Crippen LogP contribution in [0.5, 0.6) is 0 Å². The van der Waals surface area contributed by atoms with Crippen molar-refractivity contribution in [1.29, 1.82) is 0 Å². The van der Waals surface area contributed by atoms with Crippen LogP contribution in [0.1, 0.15) is 28.8 Å². The molecule has 1 amide bonds. The van der Waals surface area contributed by atoms with E-state index in [9.17, 15) is 22.4 Å². The van der Waals surface area contributed by atoms with E-state index in [4.69, 9.17) is 0 Å². The highest BCUT2D eigenvalue weighted by molar-refractivity contribution is 5.94. The van der Waals surface area contributed by atoms with Crippen LogP contribution in [0.3, 0.4) is 0 Å². The molecule has 1 aliphatic rings. The zero-order valence-electron chi connectivity index (χ0n) is 14.1. The number of likely N-dealkylation sites (tertiary alicyclic amines) is 1. The molecule has 8 heteroatoms. The number of alkyl halides is 3. The smallest absolute Gasteiger partial charge is 0.352 e. The van der Waals surface area contributed by atoms with E-state index in [1.54, 1.807) is 0 Å². The molecule has 2 rings (SSSR count). The highest BCUT2D eigenvalue weighted by Crippen LogP contribution is 2.30. The fourth-order valence-corrected chi connectivity index (χ4v) is 2.91. The van der Waals surface area contributed by atoms with Crippen LogP contribution in [0.4, 0.5) is 17.6 Å². The van der Waals surface area contributed by atoms with Crippen LogP contribution in [0.15, 0.2) is 18.2 Å². The molecule has 1 fully saturated rings. The van der Waals surface area contributed by atoms with Crippen molar-refractivity contribution < 1.29 is 22.4 Å². The number of piperidine rings is 1. The number of hydrogen-bond acceptors (Lipinski definition) is 3. The second kappa shape index (κ2) is 8.62. The summed E-state index contributed by atoms with van der Waals surface area (Å²) in [7, 11) is 1.90. The normalized spacial score (nSPS) is 16.8. The van der Waals surface area contributed by atoms with Crippen molar-refractivity contribution in [3.8, 4) is 0 Å². The predicted octanol–water partition coefficient (Wildman–Crippen LogP) is 2.51. The molecule has 0 spiro atoms. The molecule has 25 heavy (non-hydrogen) atoms. The van der Waals surface area contributed by atoms with Crippen LogP contribution in [0, 0.1) is 11.7 Å². The van der Waals surface area contributed by atoms with Gasteiger partial charge in [0.1, 0.15) is 5.82 Å². The third kappa shape index (κ3) is 5.97. The summed E-state index contributed by atoms with van der Waals surface area (Å²) in [4.78, 5) is 14.4. The van der Waals surface area contributed by atoms with E-state index >= 15 is 0 Å². The van der Waals surface area contributed by atoms with Gasteiger partial charge < -0.3 is 15.5 Å². The highest BCUT2D eigenvalue weighted by atomic mass is 19.4. The topological polar surface area (TPSA) is 44.4 Å². The summed E-state index contributed by atoms with van der Waals surface area (Å²) < 4.78 is 51.5. The zero-order valence-corrected chi connectivity index (χ0v) is 14.1. The van der Waals surface area contributed by atoms with Gasteiger partial charge in [0.15, 0.2) is 0 Å². The lowest BCUT2D eigenvalue weighted by molar-refractivity contribution is -0.137. The number of carbonyl (C=O) groups excluding carboxylic acids is 1. The van der Waals surface area contributed by atoms with Crippen LogP contribution < -0.4 is 10.6 Å². The van der Waals surface area contributed by atoms with Crippen LogP contribution in [0.2, 0.25) is 0 Å². The van der Waals surface area contributed by atoms with E-state index in [0.29, 0.717) is 18.7 Å². The number of nitrogens with zero attached hydrogens (tertiary/aromatic N) is 1. The number of rotatable bonds is 6. The van der Waals surface area contributed by atoms with Crippen LogP contribution in [0.25, 0.3) is 0 Å². The monoisotopic (exact) mass is 361 g/mol. The van der Waals surface area contributed by atoms with Gasteiger partial charge in [-0.25, -0.2) is 4.39 Å². The first-order valence-corrected chi connectivity index (χ1v) is 8.32. The Bertz CT molecular complexity index is 584. The minimum atomic E-state index is -4.68. The van der Waals surface area contributed by atoms with Crippen LogP contribution in [-0.2, 0) is 6.18 Å². The van der Waals surface area contributed by atoms with E-state index in [0.717, 1.165) is 45.1 Å². The molecule has 2 N–H and O–H groups in total. The standard InChI is InChI=1S/C17H23F4N3O/c1-22-4-7-24-5-2-12(3-6-24)11-23-16(25)13-8-14(17(19,20)21)10-15(18)9-13/h8-10,12,22H,2-7,11H2,1H3,(H,23,25). The Balaban J connectivity index is 1.86. The lowest BCUT2D eigenvalue weighted by Crippen LogP contribution is -2.40. The first-order chi connectivity index (χ1) is 11.8. The summed E-state index contributed by atoms with van der Waals surface area (Å²) in [5.41, 5.74) is -1.46. The zero-order chi connectivity index (χ0) is 18.4. The molecule has 0 atom stereocenters. The number of likely N-dealkylation sites (N-methyl/N-ethyl adjacent to an activating group) is 1. The number of carbonyl (C=O) groups is 1. The summed E-state index contributed by atoms with van der Waals surface area (Å²) in [5, 5.41) is 5.72. The fourth-order valence-electron chi connectivity index (χ4n) is 2.91. The molecule has 140 valence electrons. The average Bonchev–Trinajstić information content (AvgIpc) is 2.57. The molecule has 1 aliphatic heterocycles. The molecule has 1 aromatic rings. The Morgan fingerprint density at radius 1 is 1.24 bits per heavy atom. The third-order valence-electron chi connectivity index (χ3n) is 4.42. The Hall–Kier alpha value is -1.67. The van der Waals surface area contributed by atoms with Crippen molar-refractivity contribution in [2.24, 2.45) is 5.92 Å². The minimum absolute atomic E-state index is 0.283. The van der Waals surface area contributed by atoms with E-state index in [1.807, 2.05) is 7.05 Å². The van der Waals surface area contributed by atoms with E-state index < -0.39 is 23.5 Å². The lowest BCUT2D eigenvalue weighted by atomic mass is 9.96. The van der Waals surface area contributed by atoms with Gasteiger partial charge in [0, 0.05) is 25.2 Å². The minimum Gasteiger partial charge on any atom is -0.352 e. The van der Waals surface area contributed by atoms with E-state index in [-0.39, 0.29) is 11.5 Å². The van der Waals surface area contributed by atoms with Crippen molar-refractivity contribution in [3.63, 3.8) is 0 Å². The van der Waals surface area contributed by atoms with Crippen molar-refractivity contribution in [1.82, 2.24) is 15.5 Å². The molecule has 0 saturated carbocycles. The lowest BCUT2D eigenvalue weighted by Gasteiger charge is -2.31. The summed E-state index contributed by atoms with van der Waals surface area (Å²) in [6.45, 7) is 4.14. The molecule has 0 radical (unpaired) electrons. The predicted molar refractivity (Wildman–Crippen MR) is 86.8 cm³/mol. The second-order valence-electron chi connectivity index (χ2n) is 6.32. The van der Waals surface area contributed by atoms with Gasteiger partial charge in [-0.15, -0.1) is 0 Å². The fraction of sp³-hybridized carbons (Fsp3) is 0.588. The molecule has 1 heterocycles. The number of nitrogens with one attached hydrogen (secondary N) is 2. The molecule has 0 unspecified atom stereocenters. The average molecular weight is 361 g/mol. The Morgan fingerprint density at radius 2 is 1.92 bits per heavy atom. The molecule has 1 saturated heterocycles. The SMILES string of the molecule is CNCCN1CCC(CNC(=O)c2cc(F)cc(C(F)(F)F)c2)CC1. The van der Waals surface area contributed by atoms with Crippen molar-refractivity contribution in [2.75, 3.05) is 39.8 Å². The van der Waals surface area contributed by atoms with Gasteiger partial charge in [-0.1, -0.05) is 0 Å². The number of amides is 1. The Kier molecular flexibility index (Phi) is 6.78. The van der Waals surface area contributed by atoms with Gasteiger partial charge in [-0.3, -0.25) is 4.79 Å². The molecular weight excluding hydrogens is 338 g/mol. The molecule has 0 aromatic heterocycles. The van der Waals surface area contributed by atoms with E-state index in [2.05, 4.69) is 15.5 Å². The van der Waals surface area contributed by atoms with Gasteiger partial charge in [0.05, 0.1) is 5.56 Å². The number of hydrogen-bond donors (Lipinski definition) is 2. The summed E-state index contributed by atoms with van der Waals surface area (Å²) in [5.74, 6) is -1.47. The first-order valence-electron chi connectivity index (χ1n) is 8.32. The van der Waals surface area contributed by atoms with Gasteiger partial charge >= 0.3 is 6.18 Å². The number of halogens is 4. The van der Waals surface area contributed by atoms with Gasteiger partial charge in [0.25, 0.3) is 5.91 Å².